The van der Waals surface area contributed by atoms with Crippen molar-refractivity contribution in [1.29, 1.82) is 0 Å². The van der Waals surface area contributed by atoms with Gasteiger partial charge in [-0.2, -0.15) is 0 Å². The maximum Gasteiger partial charge on any atom is 0.161 e. The number of pyridine rings is 1. The lowest BCUT2D eigenvalue weighted by molar-refractivity contribution is 0.634. The molecule has 2 aromatic heterocycles. The first-order valence-electron chi connectivity index (χ1n) is 6.24. The highest BCUT2D eigenvalue weighted by Gasteiger charge is 2.09. The van der Waals surface area contributed by atoms with E-state index in [0.717, 1.165) is 33.2 Å². The van der Waals surface area contributed by atoms with Crippen LogP contribution in [0.1, 0.15) is 0 Å². The minimum absolute atomic E-state index is 0.858. The molecule has 0 aliphatic rings. The van der Waals surface area contributed by atoms with Gasteiger partial charge in [-0.1, -0.05) is 48.5 Å². The van der Waals surface area contributed by atoms with Crippen molar-refractivity contribution in [3.63, 3.8) is 0 Å². The summed E-state index contributed by atoms with van der Waals surface area (Å²) in [6.45, 7) is 0. The van der Waals surface area contributed by atoms with Crippen LogP contribution in [0.2, 0.25) is 0 Å². The molecule has 0 saturated carbocycles. The molecule has 4 rings (SSSR count). The zero-order valence-corrected chi connectivity index (χ0v) is 10.2. The van der Waals surface area contributed by atoms with Crippen molar-refractivity contribution in [2.75, 3.05) is 0 Å². The Morgan fingerprint density at radius 1 is 0.789 bits per heavy atom. The zero-order valence-electron chi connectivity index (χ0n) is 10.2. The zero-order chi connectivity index (χ0) is 12.7. The van der Waals surface area contributed by atoms with Crippen LogP contribution < -0.4 is 0 Å². The number of rotatable bonds is 1. The summed E-state index contributed by atoms with van der Waals surface area (Å²) in [5.41, 5.74) is 2.86. The van der Waals surface area contributed by atoms with Crippen LogP contribution in [0.3, 0.4) is 0 Å². The Kier molecular flexibility index (Phi) is 2.15. The third kappa shape index (κ3) is 1.61. The van der Waals surface area contributed by atoms with E-state index in [0.29, 0.717) is 0 Å². The van der Waals surface area contributed by atoms with Gasteiger partial charge in [0.1, 0.15) is 11.3 Å². The van der Waals surface area contributed by atoms with Gasteiger partial charge in [0, 0.05) is 22.5 Å². The van der Waals surface area contributed by atoms with Crippen molar-refractivity contribution in [1.82, 2.24) is 4.98 Å². The number of fused-ring (bicyclic) bond motifs is 3. The van der Waals surface area contributed by atoms with Crippen molar-refractivity contribution in [3.05, 3.63) is 66.9 Å². The average molecular weight is 245 g/mol. The number of benzene rings is 2. The molecule has 0 atom stereocenters. The van der Waals surface area contributed by atoms with E-state index in [1.54, 1.807) is 6.20 Å². The minimum atomic E-state index is 0.858. The van der Waals surface area contributed by atoms with Crippen molar-refractivity contribution in [2.45, 2.75) is 0 Å². The largest absolute Gasteiger partial charge is 0.454 e. The Morgan fingerprint density at radius 3 is 2.53 bits per heavy atom. The van der Waals surface area contributed by atoms with Gasteiger partial charge in [-0.3, -0.25) is 4.98 Å². The molecule has 2 heterocycles. The Hall–Kier alpha value is -2.61. The van der Waals surface area contributed by atoms with E-state index in [1.165, 1.54) is 0 Å². The average Bonchev–Trinajstić information content (AvgIpc) is 2.93. The van der Waals surface area contributed by atoms with Crippen molar-refractivity contribution >= 4 is 21.9 Å². The fourth-order valence-corrected chi connectivity index (χ4v) is 2.38. The highest BCUT2D eigenvalue weighted by atomic mass is 16.3. The van der Waals surface area contributed by atoms with Crippen molar-refractivity contribution < 1.29 is 4.42 Å². The van der Waals surface area contributed by atoms with Crippen LogP contribution >= 0.6 is 0 Å². The summed E-state index contributed by atoms with van der Waals surface area (Å²) in [5.74, 6) is 0.883. The van der Waals surface area contributed by atoms with E-state index in [2.05, 4.69) is 23.2 Å². The third-order valence-corrected chi connectivity index (χ3v) is 3.32. The summed E-state index contributed by atoms with van der Waals surface area (Å²) in [5, 5.41) is 2.19. The molecule has 0 N–H and O–H groups in total. The first-order chi connectivity index (χ1) is 9.42. The second-order valence-electron chi connectivity index (χ2n) is 4.54. The van der Waals surface area contributed by atoms with Gasteiger partial charge in [0.2, 0.25) is 0 Å². The molecule has 0 bridgehead atoms. The fraction of sp³-hybridized carbons (Fsp3) is 0. The normalized spacial score (nSPS) is 11.2. The minimum Gasteiger partial charge on any atom is -0.454 e. The fourth-order valence-electron chi connectivity index (χ4n) is 2.38. The molecule has 90 valence electrons. The molecule has 2 heteroatoms. The van der Waals surface area contributed by atoms with Crippen LogP contribution in [0.25, 0.3) is 33.2 Å². The summed E-state index contributed by atoms with van der Waals surface area (Å²) in [6, 6.07) is 20.3. The Morgan fingerprint density at radius 2 is 1.63 bits per heavy atom. The van der Waals surface area contributed by atoms with E-state index in [4.69, 9.17) is 4.42 Å². The third-order valence-electron chi connectivity index (χ3n) is 3.32. The van der Waals surface area contributed by atoms with Crippen LogP contribution in [0.4, 0.5) is 0 Å². The van der Waals surface area contributed by atoms with Crippen LogP contribution in [-0.2, 0) is 0 Å². The Labute approximate surface area is 110 Å². The highest BCUT2D eigenvalue weighted by Crippen LogP contribution is 2.31. The Bertz CT molecular complexity index is 862. The molecule has 0 spiro atoms. The van der Waals surface area contributed by atoms with E-state index >= 15 is 0 Å². The molecule has 0 saturated heterocycles. The van der Waals surface area contributed by atoms with Crippen molar-refractivity contribution in [2.24, 2.45) is 0 Å². The number of furan rings is 1. The summed E-state index contributed by atoms with van der Waals surface area (Å²) >= 11 is 0. The predicted octanol–water partition coefficient (Wildman–Crippen LogP) is 4.65. The monoisotopic (exact) mass is 245 g/mol. The number of aromatic nitrogens is 1. The first kappa shape index (κ1) is 10.3. The lowest BCUT2D eigenvalue weighted by Gasteiger charge is -1.96. The molecule has 0 fully saturated rings. The van der Waals surface area contributed by atoms with Gasteiger partial charge in [0.25, 0.3) is 0 Å². The van der Waals surface area contributed by atoms with Gasteiger partial charge in [0.05, 0.1) is 0 Å². The SMILES string of the molecule is c1ccc(-c2cc3ccc4cccnc4c3o2)cc1. The molecule has 19 heavy (non-hydrogen) atoms. The van der Waals surface area contributed by atoms with Crippen LogP contribution in [0, 0.1) is 0 Å². The van der Waals surface area contributed by atoms with Gasteiger partial charge in [-0.15, -0.1) is 0 Å². The molecule has 0 aliphatic carbocycles. The van der Waals surface area contributed by atoms with Gasteiger partial charge in [-0.25, -0.2) is 0 Å². The van der Waals surface area contributed by atoms with Crippen LogP contribution in [0.15, 0.2) is 71.3 Å². The lowest BCUT2D eigenvalue weighted by Crippen LogP contribution is -1.76. The summed E-state index contributed by atoms with van der Waals surface area (Å²) in [6.07, 6.45) is 1.80. The summed E-state index contributed by atoms with van der Waals surface area (Å²) in [7, 11) is 0. The molecule has 0 radical (unpaired) electrons. The standard InChI is InChI=1S/C17H11NO/c1-2-5-12(6-3-1)15-11-14-9-8-13-7-4-10-18-16(13)17(14)19-15/h1-11H. The van der Waals surface area contributed by atoms with Crippen LogP contribution in [-0.4, -0.2) is 4.98 Å². The molecule has 2 aromatic carbocycles. The van der Waals surface area contributed by atoms with Gasteiger partial charge >= 0.3 is 0 Å². The predicted molar refractivity (Wildman–Crippen MR) is 77.0 cm³/mol. The van der Waals surface area contributed by atoms with Crippen molar-refractivity contribution in [3.8, 4) is 11.3 Å². The second kappa shape index (κ2) is 3.95. The molecule has 0 aliphatic heterocycles. The lowest BCUT2D eigenvalue weighted by atomic mass is 10.1. The van der Waals surface area contributed by atoms with E-state index in [1.807, 2.05) is 42.5 Å². The summed E-state index contributed by atoms with van der Waals surface area (Å²) in [4.78, 5) is 4.42. The van der Waals surface area contributed by atoms with E-state index in [9.17, 15) is 0 Å². The Balaban J connectivity index is 2.04. The topological polar surface area (TPSA) is 26.0 Å². The molecule has 2 nitrogen and oxygen atoms in total. The van der Waals surface area contributed by atoms with E-state index < -0.39 is 0 Å². The quantitative estimate of drug-likeness (QED) is 0.488. The number of hydrogen-bond donors (Lipinski definition) is 0. The summed E-state index contributed by atoms with van der Waals surface area (Å²) < 4.78 is 6.00. The molecule has 0 amide bonds. The van der Waals surface area contributed by atoms with E-state index in [-0.39, 0.29) is 0 Å². The molecule has 4 aromatic rings. The molecular weight excluding hydrogens is 234 g/mol. The molecule has 0 unspecified atom stereocenters. The number of hydrogen-bond acceptors (Lipinski definition) is 2. The van der Waals surface area contributed by atoms with Gasteiger partial charge < -0.3 is 4.42 Å². The van der Waals surface area contributed by atoms with Crippen LogP contribution in [0.5, 0.6) is 0 Å². The maximum absolute atomic E-state index is 6.00. The van der Waals surface area contributed by atoms with Gasteiger partial charge in [-0.05, 0) is 12.1 Å². The molecular formula is C17H11NO. The second-order valence-corrected chi connectivity index (χ2v) is 4.54. The smallest absolute Gasteiger partial charge is 0.161 e. The number of nitrogens with zero attached hydrogens (tertiary/aromatic N) is 1. The maximum atomic E-state index is 6.00. The first-order valence-corrected chi connectivity index (χ1v) is 6.24. The van der Waals surface area contributed by atoms with Gasteiger partial charge in [0.15, 0.2) is 5.58 Å². The highest BCUT2D eigenvalue weighted by molar-refractivity contribution is 6.02.